The molecule has 98 valence electrons. The van der Waals surface area contributed by atoms with Crippen molar-refractivity contribution in [2.45, 2.75) is 37.8 Å². The van der Waals surface area contributed by atoms with E-state index in [1.165, 1.54) is 19.3 Å². The number of rotatable bonds is 1. The van der Waals surface area contributed by atoms with Gasteiger partial charge in [0.2, 0.25) is 0 Å². The van der Waals surface area contributed by atoms with Gasteiger partial charge in [0, 0.05) is 18.3 Å². The zero-order valence-electron chi connectivity index (χ0n) is 10.3. The van der Waals surface area contributed by atoms with Crippen LogP contribution in [0.3, 0.4) is 0 Å². The molecule has 1 aromatic rings. The van der Waals surface area contributed by atoms with Gasteiger partial charge < -0.3 is 15.4 Å². The van der Waals surface area contributed by atoms with Crippen molar-refractivity contribution in [1.29, 1.82) is 0 Å². The number of ether oxygens (including phenoxy) is 1. The predicted octanol–water partition coefficient (Wildman–Crippen LogP) is 2.47. The van der Waals surface area contributed by atoms with Crippen LogP contribution < -0.4 is 10.6 Å². The van der Waals surface area contributed by atoms with Crippen LogP contribution in [-0.4, -0.2) is 30.3 Å². The number of hydrogen-bond acceptors (Lipinski definition) is 4. The fraction of sp³-hybridized carbons (Fsp3) is 0.615. The van der Waals surface area contributed by atoms with E-state index in [0.717, 1.165) is 25.4 Å². The molecule has 1 aromatic heterocycles. The largest absolute Gasteiger partial charge is 0.399 e. The van der Waals surface area contributed by atoms with E-state index in [1.807, 2.05) is 6.07 Å². The van der Waals surface area contributed by atoms with Crippen LogP contribution in [-0.2, 0) is 4.74 Å². The zero-order valence-corrected chi connectivity index (χ0v) is 11.1. The van der Waals surface area contributed by atoms with Crippen LogP contribution >= 0.6 is 11.6 Å². The highest BCUT2D eigenvalue weighted by Gasteiger charge is 2.34. The summed E-state index contributed by atoms with van der Waals surface area (Å²) in [6, 6.07) is 4.02. The molecule has 0 spiro atoms. The van der Waals surface area contributed by atoms with E-state index in [4.69, 9.17) is 22.1 Å². The van der Waals surface area contributed by atoms with Crippen molar-refractivity contribution in [2.75, 3.05) is 23.8 Å². The number of anilines is 2. The van der Waals surface area contributed by atoms with Gasteiger partial charge >= 0.3 is 0 Å². The van der Waals surface area contributed by atoms with Crippen LogP contribution in [0.5, 0.6) is 0 Å². The number of pyridine rings is 1. The van der Waals surface area contributed by atoms with Gasteiger partial charge in [-0.2, -0.15) is 0 Å². The molecular formula is C13H18ClN3O. The Balaban J connectivity index is 1.89. The number of nitrogen functional groups attached to an aromatic ring is 1. The fourth-order valence-electron chi connectivity index (χ4n) is 3.03. The normalized spacial score (nSPS) is 27.9. The number of fused-ring (bicyclic) bond motifs is 1. The third-order valence-electron chi connectivity index (χ3n) is 3.83. The van der Waals surface area contributed by atoms with Crippen LogP contribution in [0.1, 0.15) is 25.7 Å². The fourth-order valence-corrected chi connectivity index (χ4v) is 3.24. The van der Waals surface area contributed by atoms with E-state index < -0.39 is 0 Å². The molecule has 1 saturated heterocycles. The first kappa shape index (κ1) is 12.1. The lowest BCUT2D eigenvalue weighted by atomic mass is 9.90. The number of aromatic nitrogens is 1. The Hall–Kier alpha value is -1.00. The molecule has 2 fully saturated rings. The third-order valence-corrected chi connectivity index (χ3v) is 4.02. The summed E-state index contributed by atoms with van der Waals surface area (Å²) in [5, 5.41) is 0.462. The second-order valence-electron chi connectivity index (χ2n) is 5.04. The Bertz CT molecular complexity index is 418. The van der Waals surface area contributed by atoms with E-state index in [0.29, 0.717) is 23.0 Å². The number of halogens is 1. The predicted molar refractivity (Wildman–Crippen MR) is 73.0 cm³/mol. The molecule has 0 radical (unpaired) electrons. The first-order valence-corrected chi connectivity index (χ1v) is 6.93. The maximum atomic E-state index is 6.00. The number of nitrogens with two attached hydrogens (primary N) is 1. The Morgan fingerprint density at radius 2 is 2.17 bits per heavy atom. The molecule has 2 aliphatic rings. The summed E-state index contributed by atoms with van der Waals surface area (Å²) in [4.78, 5) is 6.72. The summed E-state index contributed by atoms with van der Waals surface area (Å²) in [5.41, 5.74) is 6.52. The van der Waals surface area contributed by atoms with Gasteiger partial charge in [0.15, 0.2) is 0 Å². The van der Waals surface area contributed by atoms with E-state index in [1.54, 1.807) is 6.07 Å². The molecule has 2 atom stereocenters. The Labute approximate surface area is 112 Å². The van der Waals surface area contributed by atoms with Crippen molar-refractivity contribution in [3.8, 4) is 0 Å². The Morgan fingerprint density at radius 1 is 1.33 bits per heavy atom. The number of morpholine rings is 1. The Morgan fingerprint density at radius 3 is 3.00 bits per heavy atom. The van der Waals surface area contributed by atoms with Gasteiger partial charge in [0.25, 0.3) is 0 Å². The number of nitrogens with zero attached hydrogens (tertiary/aromatic N) is 2. The summed E-state index contributed by atoms with van der Waals surface area (Å²) in [6.45, 7) is 1.63. The lowest BCUT2D eigenvalue weighted by Gasteiger charge is -2.44. The zero-order chi connectivity index (χ0) is 12.5. The van der Waals surface area contributed by atoms with Gasteiger partial charge in [-0.25, -0.2) is 4.98 Å². The minimum absolute atomic E-state index is 0.342. The summed E-state index contributed by atoms with van der Waals surface area (Å²) >= 11 is 6.00. The molecule has 5 heteroatoms. The highest BCUT2D eigenvalue weighted by Crippen LogP contribution is 2.32. The molecule has 18 heavy (non-hydrogen) atoms. The van der Waals surface area contributed by atoms with E-state index >= 15 is 0 Å². The molecular weight excluding hydrogens is 250 g/mol. The van der Waals surface area contributed by atoms with Crippen molar-refractivity contribution in [2.24, 2.45) is 0 Å². The number of hydrogen-bond donors (Lipinski definition) is 1. The van der Waals surface area contributed by atoms with Crippen molar-refractivity contribution in [3.05, 3.63) is 17.3 Å². The van der Waals surface area contributed by atoms with Crippen molar-refractivity contribution in [1.82, 2.24) is 4.98 Å². The lowest BCUT2D eigenvalue weighted by molar-refractivity contribution is -0.00898. The summed E-state index contributed by atoms with van der Waals surface area (Å²) in [5.74, 6) is 0.889. The lowest BCUT2D eigenvalue weighted by Crippen LogP contribution is -2.53. The molecule has 0 bridgehead atoms. The molecule has 0 amide bonds. The standard InChI is InChI=1S/C13H18ClN3O/c14-12-7-9(15)8-13(16-12)17-5-6-18-11-4-2-1-3-10(11)17/h7-8,10-11H,1-6H2,(H2,15,16). The quantitative estimate of drug-likeness (QED) is 0.794. The van der Waals surface area contributed by atoms with Gasteiger partial charge in [-0.05, 0) is 18.9 Å². The topological polar surface area (TPSA) is 51.4 Å². The molecule has 0 aromatic carbocycles. The van der Waals surface area contributed by atoms with Gasteiger partial charge in [-0.3, -0.25) is 0 Å². The van der Waals surface area contributed by atoms with Crippen LogP contribution in [0.4, 0.5) is 11.5 Å². The van der Waals surface area contributed by atoms with Crippen LogP contribution in [0, 0.1) is 0 Å². The molecule has 1 aliphatic heterocycles. The maximum absolute atomic E-state index is 6.00. The molecule has 2 heterocycles. The van der Waals surface area contributed by atoms with Gasteiger partial charge in [0.1, 0.15) is 11.0 Å². The monoisotopic (exact) mass is 267 g/mol. The van der Waals surface area contributed by atoms with Gasteiger partial charge in [0.05, 0.1) is 18.8 Å². The average Bonchev–Trinajstić information content (AvgIpc) is 2.37. The summed E-state index contributed by atoms with van der Waals surface area (Å²) in [7, 11) is 0. The van der Waals surface area contributed by atoms with Crippen molar-refractivity contribution in [3.63, 3.8) is 0 Å². The third kappa shape index (κ3) is 2.27. The van der Waals surface area contributed by atoms with Gasteiger partial charge in [-0.1, -0.05) is 24.4 Å². The van der Waals surface area contributed by atoms with Crippen LogP contribution in [0.2, 0.25) is 5.15 Å². The molecule has 1 aliphatic carbocycles. The SMILES string of the molecule is Nc1cc(Cl)nc(N2CCOC3CCCCC32)c1. The first-order valence-electron chi connectivity index (χ1n) is 6.55. The van der Waals surface area contributed by atoms with Crippen LogP contribution in [0.15, 0.2) is 12.1 Å². The minimum atomic E-state index is 0.342. The summed E-state index contributed by atoms with van der Waals surface area (Å²) < 4.78 is 5.86. The van der Waals surface area contributed by atoms with Crippen molar-refractivity contribution < 1.29 is 4.74 Å². The second kappa shape index (κ2) is 4.94. The molecule has 2 N–H and O–H groups in total. The molecule has 3 rings (SSSR count). The average molecular weight is 268 g/mol. The first-order chi connectivity index (χ1) is 8.74. The van der Waals surface area contributed by atoms with E-state index in [2.05, 4.69) is 9.88 Å². The van der Waals surface area contributed by atoms with Gasteiger partial charge in [-0.15, -0.1) is 0 Å². The molecule has 4 nitrogen and oxygen atoms in total. The smallest absolute Gasteiger partial charge is 0.133 e. The summed E-state index contributed by atoms with van der Waals surface area (Å²) in [6.07, 6.45) is 5.18. The molecule has 1 saturated carbocycles. The molecule has 2 unspecified atom stereocenters. The minimum Gasteiger partial charge on any atom is -0.399 e. The van der Waals surface area contributed by atoms with Crippen molar-refractivity contribution >= 4 is 23.1 Å². The second-order valence-corrected chi connectivity index (χ2v) is 5.42. The highest BCUT2D eigenvalue weighted by atomic mass is 35.5. The van der Waals surface area contributed by atoms with Crippen LogP contribution in [0.25, 0.3) is 0 Å². The maximum Gasteiger partial charge on any atom is 0.133 e. The van der Waals surface area contributed by atoms with E-state index in [-0.39, 0.29) is 0 Å². The Kier molecular flexibility index (Phi) is 3.31. The van der Waals surface area contributed by atoms with E-state index in [9.17, 15) is 0 Å². The highest BCUT2D eigenvalue weighted by molar-refractivity contribution is 6.29.